The van der Waals surface area contributed by atoms with E-state index in [1.54, 1.807) is 6.07 Å². The van der Waals surface area contributed by atoms with Crippen LogP contribution >= 0.6 is 0 Å². The van der Waals surface area contributed by atoms with Gasteiger partial charge in [-0.25, -0.2) is 13.2 Å². The van der Waals surface area contributed by atoms with Gasteiger partial charge in [-0.2, -0.15) is 4.31 Å². The van der Waals surface area contributed by atoms with Gasteiger partial charge in [0, 0.05) is 38.2 Å². The Morgan fingerprint density at radius 3 is 2.59 bits per heavy atom. The average molecular weight is 422 g/mol. The number of benzene rings is 1. The van der Waals surface area contributed by atoms with E-state index in [1.807, 2.05) is 6.92 Å². The molecule has 1 N–H and O–H groups in total. The first-order valence-corrected chi connectivity index (χ1v) is 11.8. The molecule has 2 heterocycles. The second kappa shape index (κ2) is 7.95. The molecule has 1 aromatic heterocycles. The maximum Gasteiger partial charge on any atom is 0.419 e. The van der Waals surface area contributed by atoms with Crippen LogP contribution in [0.3, 0.4) is 0 Å². The normalized spacial score (nSPS) is 18.9. The predicted octanol–water partition coefficient (Wildman–Crippen LogP) is 2.07. The number of nitrogens with zero attached hydrogens (tertiary/aromatic N) is 2. The molecule has 0 spiro atoms. The summed E-state index contributed by atoms with van der Waals surface area (Å²) in [6, 6.07) is 4.96. The number of hydrogen-bond donors (Lipinski definition) is 1. The summed E-state index contributed by atoms with van der Waals surface area (Å²) in [7, 11) is -3.67. The number of rotatable bonds is 7. The molecule has 1 amide bonds. The second-order valence-corrected chi connectivity index (χ2v) is 9.98. The highest BCUT2D eigenvalue weighted by Gasteiger charge is 2.31. The van der Waals surface area contributed by atoms with Gasteiger partial charge in [0.2, 0.25) is 15.9 Å². The SMILES string of the molecule is CCCn1c(=O)oc2cc(S(=O)(=O)N3CCC(CC(=O)NC4CC4)CC3)ccc21. The maximum absolute atomic E-state index is 13.1. The molecule has 1 saturated heterocycles. The largest absolute Gasteiger partial charge is 0.419 e. The van der Waals surface area contributed by atoms with Crippen LogP contribution in [0.25, 0.3) is 11.1 Å². The Labute approximate surface area is 169 Å². The molecule has 0 bridgehead atoms. The number of carbonyl (C=O) groups excluding carboxylic acids is 1. The van der Waals surface area contributed by atoms with Gasteiger partial charge in [0.1, 0.15) is 0 Å². The van der Waals surface area contributed by atoms with Gasteiger partial charge in [-0.15, -0.1) is 0 Å². The zero-order valence-electron chi connectivity index (χ0n) is 16.6. The number of aromatic nitrogens is 1. The molecule has 1 aromatic carbocycles. The summed E-state index contributed by atoms with van der Waals surface area (Å²) in [6.45, 7) is 3.27. The Hall–Kier alpha value is -2.13. The highest BCUT2D eigenvalue weighted by atomic mass is 32.2. The first-order valence-electron chi connectivity index (χ1n) is 10.3. The van der Waals surface area contributed by atoms with E-state index in [4.69, 9.17) is 4.42 Å². The third kappa shape index (κ3) is 4.25. The summed E-state index contributed by atoms with van der Waals surface area (Å²) < 4.78 is 34.3. The summed E-state index contributed by atoms with van der Waals surface area (Å²) >= 11 is 0. The zero-order valence-corrected chi connectivity index (χ0v) is 17.4. The lowest BCUT2D eigenvalue weighted by molar-refractivity contribution is -0.122. The summed E-state index contributed by atoms with van der Waals surface area (Å²) in [4.78, 5) is 24.1. The lowest BCUT2D eigenvalue weighted by Crippen LogP contribution is -2.39. The van der Waals surface area contributed by atoms with Crippen LogP contribution in [0.1, 0.15) is 45.4 Å². The number of carbonyl (C=O) groups is 1. The fraction of sp³-hybridized carbons (Fsp3) is 0.600. The molecule has 0 radical (unpaired) electrons. The first-order chi connectivity index (χ1) is 13.9. The van der Waals surface area contributed by atoms with Gasteiger partial charge >= 0.3 is 5.76 Å². The zero-order chi connectivity index (χ0) is 20.6. The van der Waals surface area contributed by atoms with Crippen molar-refractivity contribution in [3.8, 4) is 0 Å². The van der Waals surface area contributed by atoms with Crippen LogP contribution in [0.2, 0.25) is 0 Å². The van der Waals surface area contributed by atoms with Crippen molar-refractivity contribution in [2.24, 2.45) is 5.92 Å². The van der Waals surface area contributed by atoms with Crippen molar-refractivity contribution in [3.05, 3.63) is 28.7 Å². The molecular weight excluding hydrogens is 394 g/mol. The van der Waals surface area contributed by atoms with Crippen molar-refractivity contribution in [1.82, 2.24) is 14.2 Å². The fourth-order valence-corrected chi connectivity index (χ4v) is 5.41. The van der Waals surface area contributed by atoms with Crippen molar-refractivity contribution >= 4 is 27.0 Å². The highest BCUT2D eigenvalue weighted by molar-refractivity contribution is 7.89. The minimum atomic E-state index is -3.67. The first kappa shape index (κ1) is 20.2. The Bertz CT molecular complexity index is 1060. The molecule has 8 nitrogen and oxygen atoms in total. The van der Waals surface area contributed by atoms with Gasteiger partial charge < -0.3 is 9.73 Å². The van der Waals surface area contributed by atoms with E-state index in [-0.39, 0.29) is 22.3 Å². The molecule has 0 atom stereocenters. The lowest BCUT2D eigenvalue weighted by atomic mass is 9.94. The van der Waals surface area contributed by atoms with Crippen LogP contribution < -0.4 is 11.1 Å². The predicted molar refractivity (Wildman–Crippen MR) is 108 cm³/mol. The smallest absolute Gasteiger partial charge is 0.408 e. The number of piperidine rings is 1. The van der Waals surface area contributed by atoms with E-state index >= 15 is 0 Å². The van der Waals surface area contributed by atoms with Crippen LogP contribution in [-0.2, 0) is 21.4 Å². The number of hydrogen-bond acceptors (Lipinski definition) is 5. The molecule has 2 fully saturated rings. The quantitative estimate of drug-likeness (QED) is 0.737. The number of aryl methyl sites for hydroxylation is 1. The van der Waals surface area contributed by atoms with E-state index in [0.29, 0.717) is 50.5 Å². The summed E-state index contributed by atoms with van der Waals surface area (Å²) in [5.41, 5.74) is 0.896. The average Bonchev–Trinajstić information content (AvgIpc) is 3.44. The minimum absolute atomic E-state index is 0.0749. The van der Waals surface area contributed by atoms with E-state index < -0.39 is 15.8 Å². The van der Waals surface area contributed by atoms with Crippen LogP contribution in [0.4, 0.5) is 0 Å². The molecule has 29 heavy (non-hydrogen) atoms. The molecule has 2 aromatic rings. The van der Waals surface area contributed by atoms with Gasteiger partial charge in [-0.3, -0.25) is 9.36 Å². The number of fused-ring (bicyclic) bond motifs is 1. The number of oxazole rings is 1. The molecule has 1 aliphatic carbocycles. The van der Waals surface area contributed by atoms with Gasteiger partial charge in [0.05, 0.1) is 10.4 Å². The van der Waals surface area contributed by atoms with Crippen molar-refractivity contribution < 1.29 is 17.6 Å². The summed E-state index contributed by atoms with van der Waals surface area (Å²) in [5.74, 6) is -0.184. The molecule has 158 valence electrons. The Kier molecular flexibility index (Phi) is 5.52. The topological polar surface area (TPSA) is 102 Å². The molecule has 9 heteroatoms. The van der Waals surface area contributed by atoms with E-state index in [2.05, 4.69) is 5.32 Å². The fourth-order valence-electron chi connectivity index (χ4n) is 3.92. The van der Waals surface area contributed by atoms with Gasteiger partial charge in [-0.05, 0) is 50.2 Å². The standard InChI is InChI=1S/C20H27N3O5S/c1-2-9-23-17-6-5-16(13-18(17)28-20(23)25)29(26,27)22-10-7-14(8-11-22)12-19(24)21-15-3-4-15/h5-6,13-15H,2-4,7-12H2,1H3,(H,21,24). The summed E-state index contributed by atoms with van der Waals surface area (Å²) in [6.07, 6.45) is 4.71. The van der Waals surface area contributed by atoms with Gasteiger partial charge in [-0.1, -0.05) is 6.92 Å². The van der Waals surface area contributed by atoms with Crippen molar-refractivity contribution in [2.45, 2.75) is 62.9 Å². The maximum atomic E-state index is 13.1. The molecule has 1 aliphatic heterocycles. The van der Waals surface area contributed by atoms with Crippen LogP contribution in [0.15, 0.2) is 32.3 Å². The van der Waals surface area contributed by atoms with Crippen molar-refractivity contribution in [2.75, 3.05) is 13.1 Å². The minimum Gasteiger partial charge on any atom is -0.408 e. The van der Waals surface area contributed by atoms with E-state index in [9.17, 15) is 18.0 Å². The lowest BCUT2D eigenvalue weighted by Gasteiger charge is -2.31. The number of amides is 1. The van der Waals surface area contributed by atoms with Crippen molar-refractivity contribution in [3.63, 3.8) is 0 Å². The second-order valence-electron chi connectivity index (χ2n) is 8.04. The third-order valence-electron chi connectivity index (χ3n) is 5.71. The van der Waals surface area contributed by atoms with Crippen LogP contribution in [0.5, 0.6) is 0 Å². The molecule has 0 unspecified atom stereocenters. The molecule has 2 aliphatic rings. The van der Waals surface area contributed by atoms with Crippen molar-refractivity contribution in [1.29, 1.82) is 0 Å². The third-order valence-corrected chi connectivity index (χ3v) is 7.61. The number of nitrogens with one attached hydrogen (secondary N) is 1. The Balaban J connectivity index is 1.44. The number of sulfonamides is 1. The molecule has 1 saturated carbocycles. The van der Waals surface area contributed by atoms with Gasteiger partial charge in [0.25, 0.3) is 0 Å². The van der Waals surface area contributed by atoms with Crippen LogP contribution in [-0.4, -0.2) is 42.3 Å². The Morgan fingerprint density at radius 2 is 1.93 bits per heavy atom. The van der Waals surface area contributed by atoms with Gasteiger partial charge in [0.15, 0.2) is 5.58 Å². The molecular formula is C20H27N3O5S. The van der Waals surface area contributed by atoms with Crippen LogP contribution in [0, 0.1) is 5.92 Å². The Morgan fingerprint density at radius 1 is 1.21 bits per heavy atom. The highest BCUT2D eigenvalue weighted by Crippen LogP contribution is 2.28. The molecule has 4 rings (SSSR count). The monoisotopic (exact) mass is 421 g/mol. The van der Waals surface area contributed by atoms with E-state index in [0.717, 1.165) is 19.3 Å². The summed E-state index contributed by atoms with van der Waals surface area (Å²) in [5, 5.41) is 2.99. The van der Waals surface area contributed by atoms with E-state index in [1.165, 1.54) is 21.0 Å².